The highest BCUT2D eigenvalue weighted by Crippen LogP contribution is 2.33. The van der Waals surface area contributed by atoms with E-state index in [2.05, 4.69) is 0 Å². The highest BCUT2D eigenvalue weighted by molar-refractivity contribution is 5.97. The Balaban J connectivity index is 2.11. The van der Waals surface area contributed by atoms with E-state index in [9.17, 15) is 4.79 Å². The van der Waals surface area contributed by atoms with Crippen molar-refractivity contribution in [1.29, 1.82) is 0 Å². The quantitative estimate of drug-likeness (QED) is 0.745. The predicted octanol–water partition coefficient (Wildman–Crippen LogP) is 1.84. The SMILES string of the molecule is NCC1CCCC1C(=O)c1ccoc1. The Labute approximate surface area is 83.3 Å². The summed E-state index contributed by atoms with van der Waals surface area (Å²) in [4.78, 5) is 12.0. The van der Waals surface area contributed by atoms with E-state index in [4.69, 9.17) is 10.2 Å². The van der Waals surface area contributed by atoms with E-state index in [-0.39, 0.29) is 11.7 Å². The van der Waals surface area contributed by atoms with Crippen molar-refractivity contribution in [2.45, 2.75) is 19.3 Å². The molecule has 1 fully saturated rings. The summed E-state index contributed by atoms with van der Waals surface area (Å²) >= 11 is 0. The third-order valence-corrected chi connectivity index (χ3v) is 3.10. The van der Waals surface area contributed by atoms with Crippen LogP contribution in [0.15, 0.2) is 23.0 Å². The van der Waals surface area contributed by atoms with Gasteiger partial charge >= 0.3 is 0 Å². The number of ketones is 1. The van der Waals surface area contributed by atoms with E-state index in [1.807, 2.05) is 0 Å². The molecule has 2 unspecified atom stereocenters. The lowest BCUT2D eigenvalue weighted by Crippen LogP contribution is -2.24. The Morgan fingerprint density at radius 1 is 1.57 bits per heavy atom. The molecule has 14 heavy (non-hydrogen) atoms. The molecule has 1 aliphatic carbocycles. The molecule has 0 spiro atoms. The van der Waals surface area contributed by atoms with Crippen LogP contribution in [0.5, 0.6) is 0 Å². The third-order valence-electron chi connectivity index (χ3n) is 3.10. The van der Waals surface area contributed by atoms with Gasteiger partial charge in [-0.05, 0) is 31.4 Å². The number of hydrogen-bond donors (Lipinski definition) is 1. The molecule has 2 N–H and O–H groups in total. The van der Waals surface area contributed by atoms with Gasteiger partial charge in [0.25, 0.3) is 0 Å². The average Bonchev–Trinajstić information content (AvgIpc) is 2.87. The van der Waals surface area contributed by atoms with Gasteiger partial charge in [-0.15, -0.1) is 0 Å². The van der Waals surface area contributed by atoms with Crippen molar-refractivity contribution in [1.82, 2.24) is 0 Å². The van der Waals surface area contributed by atoms with E-state index in [0.717, 1.165) is 19.3 Å². The van der Waals surface area contributed by atoms with E-state index in [1.54, 1.807) is 12.3 Å². The van der Waals surface area contributed by atoms with E-state index in [0.29, 0.717) is 18.0 Å². The first-order valence-corrected chi connectivity index (χ1v) is 5.09. The fraction of sp³-hybridized carbons (Fsp3) is 0.545. The zero-order valence-electron chi connectivity index (χ0n) is 8.11. The maximum Gasteiger partial charge on any atom is 0.169 e. The second kappa shape index (κ2) is 3.96. The molecule has 1 aromatic rings. The lowest BCUT2D eigenvalue weighted by molar-refractivity contribution is 0.0893. The fourth-order valence-corrected chi connectivity index (χ4v) is 2.28. The number of carbonyl (C=O) groups excluding carboxylic acids is 1. The molecule has 0 bridgehead atoms. The number of carbonyl (C=O) groups is 1. The predicted molar refractivity (Wildman–Crippen MR) is 52.9 cm³/mol. The lowest BCUT2D eigenvalue weighted by Gasteiger charge is -2.15. The minimum absolute atomic E-state index is 0.123. The number of furan rings is 1. The van der Waals surface area contributed by atoms with Crippen LogP contribution in [0.1, 0.15) is 29.6 Å². The van der Waals surface area contributed by atoms with Gasteiger partial charge in [0.05, 0.1) is 11.8 Å². The number of rotatable bonds is 3. The van der Waals surface area contributed by atoms with Crippen LogP contribution in [0.25, 0.3) is 0 Å². The van der Waals surface area contributed by atoms with Crippen LogP contribution >= 0.6 is 0 Å². The van der Waals surface area contributed by atoms with Crippen LogP contribution in [0.2, 0.25) is 0 Å². The summed E-state index contributed by atoms with van der Waals surface area (Å²) < 4.78 is 4.91. The third kappa shape index (κ3) is 1.60. The first-order valence-electron chi connectivity index (χ1n) is 5.09. The van der Waals surface area contributed by atoms with Crippen LogP contribution in [0.3, 0.4) is 0 Å². The molecule has 1 heterocycles. The zero-order valence-corrected chi connectivity index (χ0v) is 8.11. The smallest absolute Gasteiger partial charge is 0.169 e. The molecule has 0 amide bonds. The molecule has 0 aromatic carbocycles. The van der Waals surface area contributed by atoms with Gasteiger partial charge in [-0.3, -0.25) is 4.79 Å². The topological polar surface area (TPSA) is 56.2 Å². The van der Waals surface area contributed by atoms with Crippen molar-refractivity contribution in [3.63, 3.8) is 0 Å². The van der Waals surface area contributed by atoms with Crippen molar-refractivity contribution < 1.29 is 9.21 Å². The molecular formula is C11H15NO2. The second-order valence-electron chi connectivity index (χ2n) is 3.91. The first kappa shape index (κ1) is 9.46. The van der Waals surface area contributed by atoms with Gasteiger partial charge in [0.2, 0.25) is 0 Å². The molecule has 1 aliphatic rings. The Morgan fingerprint density at radius 2 is 2.43 bits per heavy atom. The summed E-state index contributed by atoms with van der Waals surface area (Å²) in [5, 5.41) is 0. The standard InChI is InChI=1S/C11H15NO2/c12-6-8-2-1-3-10(8)11(13)9-4-5-14-7-9/h4-5,7-8,10H,1-3,6,12H2. The maximum atomic E-state index is 12.0. The molecule has 0 radical (unpaired) electrons. The molecule has 76 valence electrons. The van der Waals surface area contributed by atoms with E-state index < -0.39 is 0 Å². The molecule has 1 saturated carbocycles. The Morgan fingerprint density at radius 3 is 3.07 bits per heavy atom. The monoisotopic (exact) mass is 193 g/mol. The lowest BCUT2D eigenvalue weighted by atomic mass is 9.89. The molecule has 0 aliphatic heterocycles. The van der Waals surface area contributed by atoms with Gasteiger partial charge in [0.15, 0.2) is 5.78 Å². The van der Waals surface area contributed by atoms with Gasteiger partial charge < -0.3 is 10.2 Å². The minimum Gasteiger partial charge on any atom is -0.472 e. The highest BCUT2D eigenvalue weighted by Gasteiger charge is 2.32. The Hall–Kier alpha value is -1.09. The van der Waals surface area contributed by atoms with E-state index in [1.165, 1.54) is 6.26 Å². The highest BCUT2D eigenvalue weighted by atomic mass is 16.3. The summed E-state index contributed by atoms with van der Waals surface area (Å²) in [6, 6.07) is 1.73. The molecular weight excluding hydrogens is 178 g/mol. The van der Waals surface area contributed by atoms with Gasteiger partial charge in [-0.25, -0.2) is 0 Å². The van der Waals surface area contributed by atoms with Crippen molar-refractivity contribution in [2.75, 3.05) is 6.54 Å². The fourth-order valence-electron chi connectivity index (χ4n) is 2.28. The van der Waals surface area contributed by atoms with Crippen molar-refractivity contribution in [3.8, 4) is 0 Å². The molecule has 3 nitrogen and oxygen atoms in total. The van der Waals surface area contributed by atoms with E-state index >= 15 is 0 Å². The van der Waals surface area contributed by atoms with Gasteiger partial charge in [-0.1, -0.05) is 6.42 Å². The summed E-state index contributed by atoms with van der Waals surface area (Å²) in [5.74, 6) is 0.696. The van der Waals surface area contributed by atoms with Crippen LogP contribution in [-0.4, -0.2) is 12.3 Å². The number of hydrogen-bond acceptors (Lipinski definition) is 3. The van der Waals surface area contributed by atoms with Crippen molar-refractivity contribution >= 4 is 5.78 Å². The molecule has 3 heteroatoms. The van der Waals surface area contributed by atoms with Gasteiger partial charge in [0, 0.05) is 5.92 Å². The Bertz CT molecular complexity index is 305. The Kier molecular flexibility index (Phi) is 2.68. The number of Topliss-reactive ketones (excluding diaryl/α,β-unsaturated/α-hetero) is 1. The second-order valence-corrected chi connectivity index (χ2v) is 3.91. The molecule has 2 atom stereocenters. The normalized spacial score (nSPS) is 26.6. The average molecular weight is 193 g/mol. The first-order chi connectivity index (χ1) is 6.83. The molecule has 1 aromatic heterocycles. The van der Waals surface area contributed by atoms with Crippen molar-refractivity contribution in [2.24, 2.45) is 17.6 Å². The summed E-state index contributed by atoms with van der Waals surface area (Å²) in [7, 11) is 0. The molecule has 0 saturated heterocycles. The summed E-state index contributed by atoms with van der Waals surface area (Å²) in [6.07, 6.45) is 6.25. The zero-order chi connectivity index (χ0) is 9.97. The largest absolute Gasteiger partial charge is 0.472 e. The van der Waals surface area contributed by atoms with Crippen LogP contribution in [0.4, 0.5) is 0 Å². The van der Waals surface area contributed by atoms with Gasteiger partial charge in [-0.2, -0.15) is 0 Å². The number of nitrogens with two attached hydrogens (primary N) is 1. The molecule has 2 rings (SSSR count). The maximum absolute atomic E-state index is 12.0. The van der Waals surface area contributed by atoms with Crippen LogP contribution < -0.4 is 5.73 Å². The minimum atomic E-state index is 0.123. The van der Waals surface area contributed by atoms with Gasteiger partial charge in [0.1, 0.15) is 6.26 Å². The van der Waals surface area contributed by atoms with Crippen LogP contribution in [0, 0.1) is 11.8 Å². The summed E-state index contributed by atoms with van der Waals surface area (Å²) in [6.45, 7) is 0.619. The van der Waals surface area contributed by atoms with Crippen molar-refractivity contribution in [3.05, 3.63) is 24.2 Å². The summed E-state index contributed by atoms with van der Waals surface area (Å²) in [5.41, 5.74) is 6.33. The van der Waals surface area contributed by atoms with Crippen LogP contribution in [-0.2, 0) is 0 Å².